The molecule has 0 aliphatic heterocycles. The summed E-state index contributed by atoms with van der Waals surface area (Å²) in [6, 6.07) is 37.2. The van der Waals surface area contributed by atoms with Crippen LogP contribution in [0.2, 0.25) is 20.1 Å². The predicted octanol–water partition coefficient (Wildman–Crippen LogP) is 25.5. The van der Waals surface area contributed by atoms with Crippen molar-refractivity contribution in [1.82, 2.24) is 0 Å². The van der Waals surface area contributed by atoms with Gasteiger partial charge in [0, 0.05) is 120 Å². The van der Waals surface area contributed by atoms with Gasteiger partial charge in [0.2, 0.25) is 0 Å². The van der Waals surface area contributed by atoms with Gasteiger partial charge in [0.15, 0.2) is 0 Å². The molecule has 98 heavy (non-hydrogen) atoms. The van der Waals surface area contributed by atoms with Crippen LogP contribution in [0.5, 0.6) is 34.5 Å². The molecule has 548 valence electrons. The standard InChI is InChI=1S/C16H20O6P2S3.C12H19O2PS3.C11H15BrClO3PS.C11H15Cl2O2PS2.C8H9ClNO5PS/c1-17-23(25,18-2)21-13-5-9-15(10-6-13)27-16-11-7-14(8-12-16)22-24(26,19-3)20-4;1-4-10-18-15(16,13-5-2)14-11-6-8-12(17-3)9-7-11;1-3-7-18-17(14,15-4-2)16-11-6-5-9(12)8-10(11)13;1-3-7-18-16(17,14-4-2)15-11-6-5-9(12)8-10(11)13;1-13-16(17,14-2)15-6-3-4-7(9)8(5-6)10(11)12/h5-12H,1-4H3;6-9H,4-5,10H2,1-3H3;2*5-6,8H,3-4,7H2,1-2H3;3-5H,1-2H3. The largest absolute Gasteiger partial charge is 0.440 e. The van der Waals surface area contributed by atoms with Crippen molar-refractivity contribution in [3.8, 4) is 34.5 Å². The minimum atomic E-state index is -3.18. The Kier molecular flexibility index (Phi) is 47.8. The van der Waals surface area contributed by atoms with Crippen molar-refractivity contribution < 1.29 is 77.3 Å². The highest BCUT2D eigenvalue weighted by molar-refractivity contribution is 9.10. The van der Waals surface area contributed by atoms with Crippen molar-refractivity contribution in [2.24, 2.45) is 0 Å². The first kappa shape index (κ1) is 94.1. The molecule has 0 radical (unpaired) electrons. The van der Waals surface area contributed by atoms with E-state index in [1.807, 2.05) is 93.6 Å². The Morgan fingerprint density at radius 2 is 0.827 bits per heavy atom. The molecular formula is C58H78BrCl4NO18P6S10. The van der Waals surface area contributed by atoms with Crippen molar-refractivity contribution >= 4 is 223 Å². The van der Waals surface area contributed by atoms with Gasteiger partial charge in [-0.15, -0.1) is 11.8 Å². The first-order valence-electron chi connectivity index (χ1n) is 28.8. The van der Waals surface area contributed by atoms with Gasteiger partial charge in [0.05, 0.1) is 40.9 Å². The Morgan fingerprint density at radius 3 is 1.22 bits per heavy atom. The normalized spacial score (nSPS) is 13.1. The number of nitro benzene ring substituents is 1. The Balaban J connectivity index is 0.000000422. The van der Waals surface area contributed by atoms with Crippen molar-refractivity contribution in [3.63, 3.8) is 0 Å². The quantitative estimate of drug-likeness (QED) is 0.0154. The molecule has 0 aliphatic rings. The molecule has 6 rings (SSSR count). The van der Waals surface area contributed by atoms with E-state index in [1.165, 1.54) is 77.1 Å². The molecule has 0 spiro atoms. The van der Waals surface area contributed by atoms with Crippen LogP contribution >= 0.6 is 158 Å². The summed E-state index contributed by atoms with van der Waals surface area (Å²) in [7, 11) is 8.57. The van der Waals surface area contributed by atoms with E-state index in [1.54, 1.807) is 89.6 Å². The summed E-state index contributed by atoms with van der Waals surface area (Å²) in [5.41, 5.74) is -4.88. The van der Waals surface area contributed by atoms with Gasteiger partial charge in [-0.1, -0.05) is 118 Å². The lowest BCUT2D eigenvalue weighted by atomic mass is 10.3. The molecule has 6 aromatic carbocycles. The number of thioether (sulfide) groups is 1. The fourth-order valence-corrected chi connectivity index (χ4v) is 24.6. The third kappa shape index (κ3) is 36.6. The average Bonchev–Trinajstić information content (AvgIpc) is 0.875. The molecular weight excluding hydrogens is 1730 g/mol. The highest BCUT2D eigenvalue weighted by atomic mass is 79.9. The van der Waals surface area contributed by atoms with Gasteiger partial charge in [-0.05, 0) is 203 Å². The van der Waals surface area contributed by atoms with E-state index in [2.05, 4.69) is 36.0 Å². The topological polar surface area (TPSA) is 199 Å². The van der Waals surface area contributed by atoms with E-state index in [0.717, 1.165) is 50.8 Å². The molecule has 0 saturated carbocycles. The molecule has 0 aliphatic carbocycles. The van der Waals surface area contributed by atoms with Crippen LogP contribution in [-0.4, -0.2) is 90.9 Å². The first-order valence-corrected chi connectivity index (χ1v) is 52.4. The summed E-state index contributed by atoms with van der Waals surface area (Å²) in [5.74, 6) is 5.66. The van der Waals surface area contributed by atoms with Crippen molar-refractivity contribution in [2.45, 2.75) is 75.5 Å². The SMILES string of the molecule is CCCSP(=O)(OCC)Oc1ccc(Br)cc1Cl.CCCSP(=S)(OCC)Oc1ccc(Cl)cc1Cl.CCCSP(=S)(OCC)Oc1ccc(SC)cc1.COP(=S)(OC)Oc1ccc(Cl)c([N+](=O)[O-])c1.COP(=S)(OC)Oc1ccc(Sc2ccc(OP(=S)(OC)OC)cc2)cc1. The number of hydrogen-bond donors (Lipinski definition) is 0. The maximum atomic E-state index is 12.4. The highest BCUT2D eigenvalue weighted by Gasteiger charge is 2.29. The second kappa shape index (κ2) is 49.8. The molecule has 0 amide bonds. The van der Waals surface area contributed by atoms with Gasteiger partial charge in [0.1, 0.15) is 39.5 Å². The van der Waals surface area contributed by atoms with Gasteiger partial charge in [0.25, 0.3) is 17.1 Å². The van der Waals surface area contributed by atoms with Gasteiger partial charge >= 0.3 is 27.0 Å². The van der Waals surface area contributed by atoms with Crippen LogP contribution in [0, 0.1) is 10.1 Å². The summed E-state index contributed by atoms with van der Waals surface area (Å²) >= 11 is 60.9. The summed E-state index contributed by atoms with van der Waals surface area (Å²) in [6.45, 7) is 1.79. The summed E-state index contributed by atoms with van der Waals surface area (Å²) in [6.07, 6.45) is 5.05. The molecule has 0 saturated heterocycles. The van der Waals surface area contributed by atoms with E-state index in [0.29, 0.717) is 63.6 Å². The zero-order chi connectivity index (χ0) is 73.6. The van der Waals surface area contributed by atoms with Crippen LogP contribution < -0.4 is 27.1 Å². The van der Waals surface area contributed by atoms with Crippen molar-refractivity contribution in [1.29, 1.82) is 0 Å². The minimum absolute atomic E-state index is 0.0190. The van der Waals surface area contributed by atoms with E-state index in [4.69, 9.17) is 173 Å². The lowest BCUT2D eigenvalue weighted by Crippen LogP contribution is -1.97. The summed E-state index contributed by atoms with van der Waals surface area (Å²) < 4.78 is 93.7. The van der Waals surface area contributed by atoms with E-state index < -0.39 is 43.3 Å². The fourth-order valence-electron chi connectivity index (χ4n) is 6.26. The predicted molar refractivity (Wildman–Crippen MR) is 437 cm³/mol. The van der Waals surface area contributed by atoms with Gasteiger partial charge in [-0.3, -0.25) is 14.6 Å². The molecule has 3 atom stereocenters. The highest BCUT2D eigenvalue weighted by Crippen LogP contribution is 2.63. The van der Waals surface area contributed by atoms with Crippen molar-refractivity contribution in [2.75, 3.05) is 86.0 Å². The number of nitrogens with zero attached hydrogens (tertiary/aromatic N) is 1. The number of nitro groups is 1. The molecule has 3 unspecified atom stereocenters. The molecule has 0 fully saturated rings. The lowest BCUT2D eigenvalue weighted by Gasteiger charge is -2.21. The van der Waals surface area contributed by atoms with E-state index in [9.17, 15) is 14.7 Å². The van der Waals surface area contributed by atoms with Crippen LogP contribution in [0.25, 0.3) is 0 Å². The zero-order valence-electron chi connectivity index (χ0n) is 55.4. The number of rotatable bonds is 37. The second-order valence-corrected chi connectivity index (χ2v) is 48.7. The smallest absolute Gasteiger partial charge is 0.436 e. The van der Waals surface area contributed by atoms with Gasteiger partial charge in [-0.2, -0.15) is 0 Å². The Morgan fingerprint density at radius 1 is 0.449 bits per heavy atom. The minimum Gasteiger partial charge on any atom is -0.436 e. The fraction of sp³-hybridized carbons (Fsp3) is 0.379. The van der Waals surface area contributed by atoms with E-state index >= 15 is 0 Å². The second-order valence-electron chi connectivity index (χ2n) is 17.8. The number of halogens is 5. The van der Waals surface area contributed by atoms with Crippen LogP contribution in [0.4, 0.5) is 5.69 Å². The molecule has 0 heterocycles. The molecule has 40 heteroatoms. The molecule has 0 N–H and O–H groups in total. The van der Waals surface area contributed by atoms with Gasteiger partial charge < -0.3 is 63.3 Å². The Bertz CT molecular complexity index is 3500. The zero-order valence-corrected chi connectivity index (χ0v) is 73.6. The van der Waals surface area contributed by atoms with Crippen LogP contribution in [0.1, 0.15) is 60.8 Å². The maximum Gasteiger partial charge on any atom is 0.440 e. The van der Waals surface area contributed by atoms with Crippen LogP contribution in [0.15, 0.2) is 147 Å². The summed E-state index contributed by atoms with van der Waals surface area (Å²) in [5, 5.41) is 12.1. The number of hydrogen-bond acceptors (Lipinski definition) is 28. The summed E-state index contributed by atoms with van der Waals surface area (Å²) in [4.78, 5) is 13.3. The number of benzene rings is 6. The molecule has 19 nitrogen and oxygen atoms in total. The Labute approximate surface area is 651 Å². The monoisotopic (exact) mass is 1800 g/mol. The molecule has 6 aromatic rings. The maximum absolute atomic E-state index is 12.4. The third-order valence-electron chi connectivity index (χ3n) is 10.7. The van der Waals surface area contributed by atoms with Crippen LogP contribution in [-0.2, 0) is 104 Å². The molecule has 0 aromatic heterocycles. The first-order chi connectivity index (χ1) is 46.4. The molecule has 0 bridgehead atoms. The lowest BCUT2D eigenvalue weighted by molar-refractivity contribution is -0.384. The Hall–Kier alpha value is 0.0300. The van der Waals surface area contributed by atoms with Crippen LogP contribution in [0.3, 0.4) is 0 Å². The third-order valence-corrected chi connectivity index (χ3v) is 36.2. The average molecular weight is 1810 g/mol. The van der Waals surface area contributed by atoms with E-state index in [-0.39, 0.29) is 16.5 Å². The van der Waals surface area contributed by atoms with Crippen molar-refractivity contribution in [3.05, 3.63) is 162 Å². The van der Waals surface area contributed by atoms with Gasteiger partial charge in [-0.25, -0.2) is 4.57 Å².